The summed E-state index contributed by atoms with van der Waals surface area (Å²) in [5.74, 6) is 0.974. The first-order chi connectivity index (χ1) is 13.7. The van der Waals surface area contributed by atoms with Gasteiger partial charge in [-0.05, 0) is 49.2 Å². The van der Waals surface area contributed by atoms with Crippen LogP contribution < -0.4 is 4.74 Å². The highest BCUT2D eigenvalue weighted by Crippen LogP contribution is 2.34. The van der Waals surface area contributed by atoms with Crippen molar-refractivity contribution in [2.75, 3.05) is 20.2 Å². The number of hydrogen-bond donors (Lipinski definition) is 1. The highest BCUT2D eigenvalue weighted by atomic mass is 16.5. The fourth-order valence-electron chi connectivity index (χ4n) is 4.06. The number of carbonyl (C=O) groups excluding carboxylic acids is 1. The normalized spacial score (nSPS) is 14.2. The van der Waals surface area contributed by atoms with E-state index in [2.05, 4.69) is 22.2 Å². The van der Waals surface area contributed by atoms with Crippen LogP contribution in [0.25, 0.3) is 33.2 Å². The van der Waals surface area contributed by atoms with Crippen molar-refractivity contribution in [3.8, 4) is 17.0 Å². The van der Waals surface area contributed by atoms with E-state index >= 15 is 0 Å². The molecular weight excluding hydrogens is 352 g/mol. The first-order valence-corrected chi connectivity index (χ1v) is 9.62. The van der Waals surface area contributed by atoms with Crippen LogP contribution in [-0.4, -0.2) is 45.5 Å². The number of ether oxygens (including phenoxy) is 1. The van der Waals surface area contributed by atoms with Crippen LogP contribution in [0.4, 0.5) is 0 Å². The number of fused-ring (bicyclic) bond motifs is 2. The standard InChI is InChI=1S/C22H22N4O2/c1-28-16-6-7-20-17(12-16)18(19-11-15-5-4-8-23-22(15)24-19)13-26(20)14-21(27)25-9-2-3-10-25/h4-8,11-13H,2-3,9-10,14H2,1H3,(H,23,24). The molecule has 1 amide bonds. The zero-order chi connectivity index (χ0) is 19.1. The lowest BCUT2D eigenvalue weighted by molar-refractivity contribution is -0.130. The number of aromatic nitrogens is 3. The summed E-state index contributed by atoms with van der Waals surface area (Å²) in [6.07, 6.45) is 6.04. The van der Waals surface area contributed by atoms with Crippen LogP contribution in [0.3, 0.4) is 0 Å². The van der Waals surface area contributed by atoms with Gasteiger partial charge in [-0.3, -0.25) is 4.79 Å². The number of benzene rings is 1. The van der Waals surface area contributed by atoms with Gasteiger partial charge in [-0.15, -0.1) is 0 Å². The fourth-order valence-corrected chi connectivity index (χ4v) is 4.06. The molecule has 1 saturated heterocycles. The molecule has 6 heteroatoms. The maximum absolute atomic E-state index is 12.7. The molecule has 5 rings (SSSR count). The predicted molar refractivity (Wildman–Crippen MR) is 109 cm³/mol. The number of methoxy groups -OCH3 is 1. The van der Waals surface area contributed by atoms with Crippen molar-refractivity contribution in [2.24, 2.45) is 0 Å². The quantitative estimate of drug-likeness (QED) is 0.591. The van der Waals surface area contributed by atoms with E-state index in [0.717, 1.165) is 64.9 Å². The van der Waals surface area contributed by atoms with E-state index < -0.39 is 0 Å². The lowest BCUT2D eigenvalue weighted by Crippen LogP contribution is -2.30. The fraction of sp³-hybridized carbons (Fsp3) is 0.273. The van der Waals surface area contributed by atoms with Gasteiger partial charge in [0.05, 0.1) is 7.11 Å². The Bertz CT molecular complexity index is 1130. The number of H-pyrrole nitrogens is 1. The molecule has 0 spiro atoms. The van der Waals surface area contributed by atoms with Crippen molar-refractivity contribution in [3.63, 3.8) is 0 Å². The molecule has 0 atom stereocenters. The molecular formula is C22H22N4O2. The van der Waals surface area contributed by atoms with E-state index in [4.69, 9.17) is 4.74 Å². The van der Waals surface area contributed by atoms with E-state index in [-0.39, 0.29) is 5.91 Å². The maximum Gasteiger partial charge on any atom is 0.242 e. The molecule has 0 unspecified atom stereocenters. The molecule has 0 radical (unpaired) electrons. The second kappa shape index (κ2) is 6.71. The van der Waals surface area contributed by atoms with Crippen LogP contribution in [0.5, 0.6) is 5.75 Å². The summed E-state index contributed by atoms with van der Waals surface area (Å²) in [6, 6.07) is 12.1. The minimum Gasteiger partial charge on any atom is -0.497 e. The summed E-state index contributed by atoms with van der Waals surface area (Å²) in [5.41, 5.74) is 3.91. The van der Waals surface area contributed by atoms with Gasteiger partial charge in [-0.2, -0.15) is 0 Å². The van der Waals surface area contributed by atoms with Crippen LogP contribution in [0, 0.1) is 0 Å². The van der Waals surface area contributed by atoms with Crippen LogP contribution in [0.2, 0.25) is 0 Å². The van der Waals surface area contributed by atoms with Crippen molar-refractivity contribution in [1.82, 2.24) is 19.4 Å². The van der Waals surface area contributed by atoms with Crippen LogP contribution >= 0.6 is 0 Å². The van der Waals surface area contributed by atoms with Crippen molar-refractivity contribution in [3.05, 3.63) is 48.8 Å². The molecule has 28 heavy (non-hydrogen) atoms. The van der Waals surface area contributed by atoms with E-state index in [1.54, 1.807) is 13.3 Å². The van der Waals surface area contributed by atoms with Crippen molar-refractivity contribution in [1.29, 1.82) is 0 Å². The van der Waals surface area contributed by atoms with Gasteiger partial charge in [0, 0.05) is 53.0 Å². The first-order valence-electron chi connectivity index (χ1n) is 9.62. The maximum atomic E-state index is 12.7. The van der Waals surface area contributed by atoms with Gasteiger partial charge in [0.1, 0.15) is 17.9 Å². The number of likely N-dealkylation sites (tertiary alicyclic amines) is 1. The van der Waals surface area contributed by atoms with Gasteiger partial charge < -0.3 is 19.2 Å². The van der Waals surface area contributed by atoms with E-state index in [9.17, 15) is 4.79 Å². The number of pyridine rings is 1. The lowest BCUT2D eigenvalue weighted by atomic mass is 10.1. The predicted octanol–water partition coefficient (Wildman–Crippen LogP) is 3.82. The molecule has 1 aliphatic rings. The highest BCUT2D eigenvalue weighted by molar-refractivity contribution is 5.99. The summed E-state index contributed by atoms with van der Waals surface area (Å²) in [7, 11) is 1.67. The Kier molecular flexibility index (Phi) is 4.04. The van der Waals surface area contributed by atoms with Gasteiger partial charge in [0.25, 0.3) is 0 Å². The molecule has 4 heterocycles. The van der Waals surface area contributed by atoms with Crippen LogP contribution in [-0.2, 0) is 11.3 Å². The van der Waals surface area contributed by atoms with Crippen molar-refractivity contribution in [2.45, 2.75) is 19.4 Å². The SMILES string of the molecule is COc1ccc2c(c1)c(-c1cc3cccnc3[nH]1)cn2CC(=O)N1CCCC1. The minimum atomic E-state index is 0.176. The smallest absolute Gasteiger partial charge is 0.242 e. The molecule has 0 bridgehead atoms. The summed E-state index contributed by atoms with van der Waals surface area (Å²) < 4.78 is 7.48. The monoisotopic (exact) mass is 374 g/mol. The van der Waals surface area contributed by atoms with E-state index in [0.29, 0.717) is 6.54 Å². The largest absolute Gasteiger partial charge is 0.497 e. The molecule has 1 aliphatic heterocycles. The van der Waals surface area contributed by atoms with Crippen molar-refractivity contribution >= 4 is 27.8 Å². The van der Waals surface area contributed by atoms with E-state index in [1.165, 1.54) is 0 Å². The van der Waals surface area contributed by atoms with Gasteiger partial charge in [0.15, 0.2) is 0 Å². The van der Waals surface area contributed by atoms with Crippen LogP contribution in [0.15, 0.2) is 48.8 Å². The number of nitrogens with one attached hydrogen (secondary N) is 1. The number of amides is 1. The number of rotatable bonds is 4. The molecule has 142 valence electrons. The zero-order valence-electron chi connectivity index (χ0n) is 15.8. The number of aromatic amines is 1. The molecule has 1 N–H and O–H groups in total. The summed E-state index contributed by atoms with van der Waals surface area (Å²) in [4.78, 5) is 22.5. The first kappa shape index (κ1) is 16.9. The molecule has 3 aromatic heterocycles. The Hall–Kier alpha value is -3.28. The van der Waals surface area contributed by atoms with E-state index in [1.807, 2.05) is 39.8 Å². The molecule has 6 nitrogen and oxygen atoms in total. The second-order valence-electron chi connectivity index (χ2n) is 7.27. The number of nitrogens with zero attached hydrogens (tertiary/aromatic N) is 3. The third kappa shape index (κ3) is 2.81. The average Bonchev–Trinajstić information content (AvgIpc) is 3.46. The summed E-state index contributed by atoms with van der Waals surface area (Å²) in [5, 5.41) is 2.12. The van der Waals surface area contributed by atoms with Gasteiger partial charge in [-0.25, -0.2) is 4.98 Å². The third-order valence-electron chi connectivity index (χ3n) is 5.53. The Morgan fingerprint density at radius 1 is 1.21 bits per heavy atom. The summed E-state index contributed by atoms with van der Waals surface area (Å²) >= 11 is 0. The lowest BCUT2D eigenvalue weighted by Gasteiger charge is -2.16. The summed E-state index contributed by atoms with van der Waals surface area (Å²) in [6.45, 7) is 2.08. The van der Waals surface area contributed by atoms with Gasteiger partial charge in [0.2, 0.25) is 5.91 Å². The van der Waals surface area contributed by atoms with Gasteiger partial charge in [-0.1, -0.05) is 0 Å². The number of hydrogen-bond acceptors (Lipinski definition) is 3. The highest BCUT2D eigenvalue weighted by Gasteiger charge is 2.20. The van der Waals surface area contributed by atoms with Crippen LogP contribution in [0.1, 0.15) is 12.8 Å². The Labute approximate surface area is 162 Å². The second-order valence-corrected chi connectivity index (χ2v) is 7.27. The van der Waals surface area contributed by atoms with Gasteiger partial charge >= 0.3 is 0 Å². The van der Waals surface area contributed by atoms with Crippen molar-refractivity contribution < 1.29 is 9.53 Å². The Morgan fingerprint density at radius 3 is 2.86 bits per heavy atom. The molecule has 0 aliphatic carbocycles. The molecule has 0 saturated carbocycles. The number of carbonyl (C=O) groups is 1. The molecule has 4 aromatic rings. The Balaban J connectivity index is 1.62. The molecule has 1 aromatic carbocycles. The minimum absolute atomic E-state index is 0.176. The average molecular weight is 374 g/mol. The Morgan fingerprint density at radius 2 is 2.07 bits per heavy atom. The topological polar surface area (TPSA) is 63.1 Å². The third-order valence-corrected chi connectivity index (χ3v) is 5.53. The zero-order valence-corrected chi connectivity index (χ0v) is 15.8. The molecule has 1 fully saturated rings.